The molecule has 1 aromatic rings. The Hall–Kier alpha value is -2.25. The van der Waals surface area contributed by atoms with Crippen molar-refractivity contribution in [2.45, 2.75) is 6.92 Å². The third-order valence-corrected chi connectivity index (χ3v) is 4.56. The molecule has 1 fully saturated rings. The van der Waals surface area contributed by atoms with Crippen LogP contribution in [-0.4, -0.2) is 63.8 Å². The van der Waals surface area contributed by atoms with Gasteiger partial charge < -0.3 is 24.6 Å². The first kappa shape index (κ1) is 20.1. The molecule has 1 aliphatic heterocycles. The largest absolute Gasteiger partial charge is 0.466 e. The van der Waals surface area contributed by atoms with Crippen molar-refractivity contribution in [2.24, 2.45) is 0 Å². The molecule has 0 bridgehead atoms. The zero-order valence-electron chi connectivity index (χ0n) is 15.3. The minimum atomic E-state index is -0.675. The normalized spacial score (nSPS) is 15.5. The van der Waals surface area contributed by atoms with E-state index in [0.717, 1.165) is 44.5 Å². The van der Waals surface area contributed by atoms with Crippen LogP contribution in [0.15, 0.2) is 30.0 Å². The molecule has 0 spiro atoms. The highest BCUT2D eigenvalue weighted by Crippen LogP contribution is 2.30. The monoisotopic (exact) mass is 381 g/mol. The van der Waals surface area contributed by atoms with Crippen LogP contribution in [0.2, 0.25) is 5.02 Å². The lowest BCUT2D eigenvalue weighted by Gasteiger charge is -2.36. The van der Waals surface area contributed by atoms with Crippen molar-refractivity contribution >= 4 is 34.9 Å². The van der Waals surface area contributed by atoms with E-state index < -0.39 is 11.9 Å². The molecule has 0 atom stereocenters. The fraction of sp³-hybridized carbons (Fsp3) is 0.444. The fourth-order valence-corrected chi connectivity index (χ4v) is 3.03. The van der Waals surface area contributed by atoms with E-state index >= 15 is 0 Å². The van der Waals surface area contributed by atoms with Crippen LogP contribution in [-0.2, 0) is 19.1 Å². The van der Waals surface area contributed by atoms with E-state index in [4.69, 9.17) is 11.6 Å². The number of halogens is 1. The molecule has 0 unspecified atom stereocenters. The van der Waals surface area contributed by atoms with E-state index in [-0.39, 0.29) is 5.70 Å². The molecule has 1 aromatic carbocycles. The molecule has 2 rings (SSSR count). The first-order valence-electron chi connectivity index (χ1n) is 8.40. The number of carbonyl (C=O) groups is 2. The number of likely N-dealkylation sites (N-methyl/N-ethyl adjacent to an activating group) is 1. The average molecular weight is 382 g/mol. The van der Waals surface area contributed by atoms with Gasteiger partial charge in [0.1, 0.15) is 5.70 Å². The van der Waals surface area contributed by atoms with Gasteiger partial charge in [0.2, 0.25) is 0 Å². The molecule has 0 aromatic heterocycles. The summed E-state index contributed by atoms with van der Waals surface area (Å²) in [6.45, 7) is 7.03. The second-order valence-corrected chi connectivity index (χ2v) is 6.19. The van der Waals surface area contributed by atoms with Crippen LogP contribution >= 0.6 is 11.6 Å². The Balaban J connectivity index is 2.14. The van der Waals surface area contributed by atoms with Crippen LogP contribution in [0.5, 0.6) is 0 Å². The van der Waals surface area contributed by atoms with Gasteiger partial charge >= 0.3 is 11.9 Å². The third kappa shape index (κ3) is 5.12. The summed E-state index contributed by atoms with van der Waals surface area (Å²) >= 11 is 6.44. The lowest BCUT2D eigenvalue weighted by molar-refractivity contribution is -0.138. The van der Waals surface area contributed by atoms with Crippen molar-refractivity contribution in [2.75, 3.05) is 57.2 Å². The van der Waals surface area contributed by atoms with E-state index in [0.29, 0.717) is 10.7 Å². The number of hydrogen-bond donors (Lipinski definition) is 1. The van der Waals surface area contributed by atoms with Gasteiger partial charge in [-0.2, -0.15) is 0 Å². The Kier molecular flexibility index (Phi) is 7.29. The number of esters is 2. The van der Waals surface area contributed by atoms with Gasteiger partial charge in [-0.1, -0.05) is 18.5 Å². The molecular formula is C18H24ClN3O4. The van der Waals surface area contributed by atoms with Crippen molar-refractivity contribution in [1.29, 1.82) is 0 Å². The summed E-state index contributed by atoms with van der Waals surface area (Å²) in [6, 6.07) is 5.43. The molecular weight excluding hydrogens is 358 g/mol. The summed E-state index contributed by atoms with van der Waals surface area (Å²) in [5, 5.41) is 3.43. The molecule has 1 saturated heterocycles. The van der Waals surface area contributed by atoms with Gasteiger partial charge in [0, 0.05) is 31.9 Å². The Morgan fingerprint density at radius 3 is 2.42 bits per heavy atom. The summed E-state index contributed by atoms with van der Waals surface area (Å²) in [6.07, 6.45) is 1.04. The second kappa shape index (κ2) is 9.45. The summed E-state index contributed by atoms with van der Waals surface area (Å²) in [5.74, 6) is -1.33. The smallest absolute Gasteiger partial charge is 0.354 e. The molecule has 142 valence electrons. The van der Waals surface area contributed by atoms with E-state index in [1.165, 1.54) is 14.2 Å². The van der Waals surface area contributed by atoms with Crippen molar-refractivity contribution in [3.05, 3.63) is 35.0 Å². The van der Waals surface area contributed by atoms with Crippen molar-refractivity contribution < 1.29 is 19.1 Å². The first-order chi connectivity index (χ1) is 12.5. The van der Waals surface area contributed by atoms with E-state index in [1.54, 1.807) is 6.07 Å². The predicted octanol–water partition coefficient (Wildman–Crippen LogP) is 2.12. The average Bonchev–Trinajstić information content (AvgIpc) is 2.67. The van der Waals surface area contributed by atoms with Gasteiger partial charge in [-0.3, -0.25) is 0 Å². The van der Waals surface area contributed by atoms with Crippen LogP contribution in [0.1, 0.15) is 6.92 Å². The molecule has 0 aliphatic carbocycles. The number of anilines is 2. The Labute approximate surface area is 158 Å². The number of methoxy groups -OCH3 is 2. The summed E-state index contributed by atoms with van der Waals surface area (Å²) in [5.41, 5.74) is 1.50. The van der Waals surface area contributed by atoms with Gasteiger partial charge in [-0.25, -0.2) is 9.59 Å². The molecule has 7 nitrogen and oxygen atoms in total. The highest BCUT2D eigenvalue weighted by atomic mass is 35.5. The van der Waals surface area contributed by atoms with Gasteiger partial charge in [-0.05, 0) is 24.7 Å². The zero-order chi connectivity index (χ0) is 19.1. The molecule has 0 saturated carbocycles. The van der Waals surface area contributed by atoms with E-state index in [1.807, 2.05) is 12.1 Å². The Morgan fingerprint density at radius 2 is 1.88 bits per heavy atom. The molecule has 1 N–H and O–H groups in total. The van der Waals surface area contributed by atoms with E-state index in [2.05, 4.69) is 31.5 Å². The van der Waals surface area contributed by atoms with Crippen LogP contribution in [0.3, 0.4) is 0 Å². The zero-order valence-corrected chi connectivity index (χ0v) is 16.0. The number of carbonyl (C=O) groups excluding carboxylic acids is 2. The summed E-state index contributed by atoms with van der Waals surface area (Å²) in [7, 11) is 2.47. The third-order valence-electron chi connectivity index (χ3n) is 4.26. The second-order valence-electron chi connectivity index (χ2n) is 5.79. The van der Waals surface area contributed by atoms with Gasteiger partial charge in [0.25, 0.3) is 0 Å². The molecule has 1 aliphatic rings. The first-order valence-corrected chi connectivity index (χ1v) is 8.78. The van der Waals surface area contributed by atoms with Crippen LogP contribution in [0.4, 0.5) is 11.4 Å². The highest BCUT2D eigenvalue weighted by Gasteiger charge is 2.19. The lowest BCUT2D eigenvalue weighted by atomic mass is 10.2. The quantitative estimate of drug-likeness (QED) is 0.597. The standard InChI is InChI=1S/C18H24ClN3O4/c1-4-21-7-9-22(10-8-21)16-6-5-13(11-14(16)19)20-15(18(24)26-3)12-17(23)25-2/h5-6,11-12,20H,4,7-10H2,1-3H3/b15-12+. The van der Waals surface area contributed by atoms with Gasteiger partial charge in [-0.15, -0.1) is 0 Å². The maximum absolute atomic E-state index is 11.8. The maximum Gasteiger partial charge on any atom is 0.354 e. The lowest BCUT2D eigenvalue weighted by Crippen LogP contribution is -2.46. The number of nitrogens with zero attached hydrogens (tertiary/aromatic N) is 2. The van der Waals surface area contributed by atoms with Crippen molar-refractivity contribution in [1.82, 2.24) is 4.90 Å². The number of nitrogens with one attached hydrogen (secondary N) is 1. The fourth-order valence-electron chi connectivity index (χ4n) is 2.73. The Bertz CT molecular complexity index is 685. The minimum absolute atomic E-state index is 0.0280. The topological polar surface area (TPSA) is 71.1 Å². The summed E-state index contributed by atoms with van der Waals surface area (Å²) in [4.78, 5) is 27.9. The van der Waals surface area contributed by atoms with Gasteiger partial charge in [0.05, 0.1) is 31.0 Å². The maximum atomic E-state index is 11.8. The van der Waals surface area contributed by atoms with Crippen LogP contribution in [0, 0.1) is 0 Å². The Morgan fingerprint density at radius 1 is 1.19 bits per heavy atom. The number of benzene rings is 1. The predicted molar refractivity (Wildman–Crippen MR) is 102 cm³/mol. The molecule has 0 radical (unpaired) electrons. The van der Waals surface area contributed by atoms with Crippen LogP contribution < -0.4 is 10.2 Å². The number of rotatable bonds is 6. The number of piperazine rings is 1. The number of ether oxygens (including phenoxy) is 2. The minimum Gasteiger partial charge on any atom is -0.466 e. The van der Waals surface area contributed by atoms with Gasteiger partial charge in [0.15, 0.2) is 0 Å². The molecule has 8 heteroatoms. The molecule has 1 heterocycles. The van der Waals surface area contributed by atoms with Crippen molar-refractivity contribution in [3.8, 4) is 0 Å². The number of hydrogen-bond acceptors (Lipinski definition) is 7. The van der Waals surface area contributed by atoms with Crippen molar-refractivity contribution in [3.63, 3.8) is 0 Å². The molecule has 26 heavy (non-hydrogen) atoms. The van der Waals surface area contributed by atoms with Crippen LogP contribution in [0.25, 0.3) is 0 Å². The summed E-state index contributed by atoms with van der Waals surface area (Å²) < 4.78 is 9.23. The molecule has 0 amide bonds. The van der Waals surface area contributed by atoms with E-state index in [9.17, 15) is 9.59 Å². The highest BCUT2D eigenvalue weighted by molar-refractivity contribution is 6.33. The SMILES string of the molecule is CCN1CCN(c2ccc(N/C(=C/C(=O)OC)C(=O)OC)cc2Cl)CC1.